The highest BCUT2D eigenvalue weighted by Crippen LogP contribution is 2.19. The van der Waals surface area contributed by atoms with Crippen molar-refractivity contribution in [3.63, 3.8) is 0 Å². The van der Waals surface area contributed by atoms with Gasteiger partial charge in [0.1, 0.15) is 5.39 Å². The van der Waals surface area contributed by atoms with Gasteiger partial charge >= 0.3 is 5.63 Å². The van der Waals surface area contributed by atoms with Crippen molar-refractivity contribution in [2.75, 3.05) is 0 Å². The Balaban J connectivity index is 2.10. The largest absolute Gasteiger partial charge is 0.407 e. The molecule has 0 aliphatic carbocycles. The molecule has 0 atom stereocenters. The van der Waals surface area contributed by atoms with Gasteiger partial charge in [0.05, 0.1) is 10.5 Å². The van der Waals surface area contributed by atoms with E-state index in [0.29, 0.717) is 28.2 Å². The Morgan fingerprint density at radius 3 is 2.63 bits per heavy atom. The third kappa shape index (κ3) is 2.37. The maximum Gasteiger partial charge on any atom is 0.348 e. The summed E-state index contributed by atoms with van der Waals surface area (Å²) in [5.74, 6) is 0.394. The fourth-order valence-corrected chi connectivity index (χ4v) is 2.22. The first kappa shape index (κ1) is 11.9. The standard InChI is InChI=1S/C15H10ClNO2/c16-11-7-4-8-12-14(11)15(18)19-13(17-12)9-10-5-2-1-3-6-10/h1-8H,9H2. The summed E-state index contributed by atoms with van der Waals surface area (Å²) >= 11 is 5.97. The van der Waals surface area contributed by atoms with Gasteiger partial charge in [-0.3, -0.25) is 0 Å². The maximum absolute atomic E-state index is 11.9. The van der Waals surface area contributed by atoms with Crippen LogP contribution in [0.15, 0.2) is 57.7 Å². The van der Waals surface area contributed by atoms with Crippen molar-refractivity contribution in [3.8, 4) is 0 Å². The van der Waals surface area contributed by atoms with E-state index in [9.17, 15) is 4.79 Å². The molecule has 1 heterocycles. The van der Waals surface area contributed by atoms with Crippen LogP contribution in [0, 0.1) is 0 Å². The molecule has 3 nitrogen and oxygen atoms in total. The van der Waals surface area contributed by atoms with Crippen LogP contribution in [-0.2, 0) is 6.42 Å². The van der Waals surface area contributed by atoms with Gasteiger partial charge in [-0.25, -0.2) is 9.78 Å². The lowest BCUT2D eigenvalue weighted by atomic mass is 10.1. The molecule has 3 rings (SSSR count). The van der Waals surface area contributed by atoms with Crippen molar-refractivity contribution in [2.24, 2.45) is 0 Å². The van der Waals surface area contributed by atoms with E-state index < -0.39 is 5.63 Å². The molecule has 3 aromatic rings. The molecule has 0 N–H and O–H groups in total. The van der Waals surface area contributed by atoms with Crippen LogP contribution in [0.2, 0.25) is 5.02 Å². The minimum Gasteiger partial charge on any atom is -0.407 e. The van der Waals surface area contributed by atoms with E-state index in [1.807, 2.05) is 30.3 Å². The summed E-state index contributed by atoms with van der Waals surface area (Å²) < 4.78 is 5.22. The molecule has 94 valence electrons. The highest BCUT2D eigenvalue weighted by Gasteiger charge is 2.09. The van der Waals surface area contributed by atoms with E-state index in [1.165, 1.54) is 0 Å². The van der Waals surface area contributed by atoms with Crippen LogP contribution in [0.1, 0.15) is 11.5 Å². The Labute approximate surface area is 114 Å². The average Bonchev–Trinajstić information content (AvgIpc) is 2.39. The number of rotatable bonds is 2. The Hall–Kier alpha value is -2.13. The summed E-state index contributed by atoms with van der Waals surface area (Å²) in [7, 11) is 0. The number of aromatic nitrogens is 1. The Kier molecular flexibility index (Phi) is 3.05. The van der Waals surface area contributed by atoms with Gasteiger partial charge in [-0.2, -0.15) is 0 Å². The zero-order chi connectivity index (χ0) is 13.2. The van der Waals surface area contributed by atoms with Gasteiger partial charge in [-0.1, -0.05) is 48.0 Å². The summed E-state index contributed by atoms with van der Waals surface area (Å²) in [6.45, 7) is 0. The molecular formula is C15H10ClNO2. The number of hydrogen-bond acceptors (Lipinski definition) is 3. The second kappa shape index (κ2) is 4.86. The molecule has 0 aliphatic heterocycles. The van der Waals surface area contributed by atoms with E-state index >= 15 is 0 Å². The van der Waals surface area contributed by atoms with Crippen LogP contribution >= 0.6 is 11.6 Å². The maximum atomic E-state index is 11.9. The highest BCUT2D eigenvalue weighted by atomic mass is 35.5. The summed E-state index contributed by atoms with van der Waals surface area (Å²) in [4.78, 5) is 16.3. The Bertz CT molecular complexity index is 781. The molecule has 0 saturated carbocycles. The molecule has 0 saturated heterocycles. The topological polar surface area (TPSA) is 43.1 Å². The van der Waals surface area contributed by atoms with Crippen molar-refractivity contribution in [1.29, 1.82) is 0 Å². The first-order valence-electron chi connectivity index (χ1n) is 5.86. The smallest absolute Gasteiger partial charge is 0.348 e. The third-order valence-electron chi connectivity index (χ3n) is 2.85. The molecule has 1 aromatic heterocycles. The highest BCUT2D eigenvalue weighted by molar-refractivity contribution is 6.35. The SMILES string of the molecule is O=c1oc(Cc2ccccc2)nc2cccc(Cl)c12. The zero-order valence-electron chi connectivity index (χ0n) is 9.97. The lowest BCUT2D eigenvalue weighted by Gasteiger charge is -2.02. The van der Waals surface area contributed by atoms with Crippen molar-refractivity contribution in [2.45, 2.75) is 6.42 Å². The predicted molar refractivity (Wildman–Crippen MR) is 74.5 cm³/mol. The number of halogens is 1. The zero-order valence-corrected chi connectivity index (χ0v) is 10.7. The first-order chi connectivity index (χ1) is 9.24. The van der Waals surface area contributed by atoms with Crippen LogP contribution in [0.5, 0.6) is 0 Å². The monoisotopic (exact) mass is 271 g/mol. The molecule has 0 amide bonds. The summed E-state index contributed by atoms with van der Waals surface area (Å²) in [5.41, 5.74) is 1.16. The minimum absolute atomic E-state index is 0.334. The van der Waals surface area contributed by atoms with Crippen LogP contribution in [0.3, 0.4) is 0 Å². The molecule has 2 aromatic carbocycles. The molecular weight excluding hydrogens is 262 g/mol. The average molecular weight is 272 g/mol. The Morgan fingerprint density at radius 2 is 1.84 bits per heavy atom. The molecule has 0 fully saturated rings. The van der Waals surface area contributed by atoms with Gasteiger partial charge in [0, 0.05) is 6.42 Å². The van der Waals surface area contributed by atoms with Gasteiger partial charge in [-0.05, 0) is 17.7 Å². The van der Waals surface area contributed by atoms with E-state index in [1.54, 1.807) is 18.2 Å². The van der Waals surface area contributed by atoms with E-state index in [2.05, 4.69) is 4.98 Å². The normalized spacial score (nSPS) is 10.8. The fourth-order valence-electron chi connectivity index (χ4n) is 1.97. The van der Waals surface area contributed by atoms with Crippen molar-refractivity contribution in [1.82, 2.24) is 4.98 Å². The summed E-state index contributed by atoms with van der Waals surface area (Å²) in [6, 6.07) is 14.9. The van der Waals surface area contributed by atoms with Gasteiger partial charge in [0.2, 0.25) is 5.89 Å². The quantitative estimate of drug-likeness (QED) is 0.717. The molecule has 0 spiro atoms. The van der Waals surface area contributed by atoms with Crippen LogP contribution in [0.25, 0.3) is 10.9 Å². The Morgan fingerprint density at radius 1 is 1.05 bits per heavy atom. The molecule has 0 aliphatic rings. The van der Waals surface area contributed by atoms with E-state index in [0.717, 1.165) is 5.56 Å². The number of hydrogen-bond donors (Lipinski definition) is 0. The van der Waals surface area contributed by atoms with Gasteiger partial charge in [0.15, 0.2) is 0 Å². The van der Waals surface area contributed by atoms with Crippen molar-refractivity contribution >= 4 is 22.5 Å². The van der Waals surface area contributed by atoms with E-state index in [4.69, 9.17) is 16.0 Å². The summed E-state index contributed by atoms with van der Waals surface area (Å²) in [5, 5.41) is 0.700. The van der Waals surface area contributed by atoms with E-state index in [-0.39, 0.29) is 0 Å². The molecule has 0 radical (unpaired) electrons. The van der Waals surface area contributed by atoms with Gasteiger partial charge in [-0.15, -0.1) is 0 Å². The number of fused-ring (bicyclic) bond motifs is 1. The third-order valence-corrected chi connectivity index (χ3v) is 3.16. The van der Waals surface area contributed by atoms with Crippen LogP contribution < -0.4 is 5.63 Å². The molecule has 0 bridgehead atoms. The second-order valence-corrected chi connectivity index (χ2v) is 4.60. The fraction of sp³-hybridized carbons (Fsp3) is 0.0667. The lowest BCUT2D eigenvalue weighted by Crippen LogP contribution is -2.06. The van der Waals surface area contributed by atoms with Gasteiger partial charge in [0.25, 0.3) is 0 Å². The summed E-state index contributed by atoms with van der Waals surface area (Å²) in [6.07, 6.45) is 0.485. The number of benzene rings is 2. The molecule has 4 heteroatoms. The second-order valence-electron chi connectivity index (χ2n) is 4.19. The van der Waals surface area contributed by atoms with Crippen LogP contribution in [0.4, 0.5) is 0 Å². The first-order valence-corrected chi connectivity index (χ1v) is 6.24. The van der Waals surface area contributed by atoms with Crippen molar-refractivity contribution in [3.05, 3.63) is 75.4 Å². The van der Waals surface area contributed by atoms with Crippen LogP contribution in [-0.4, -0.2) is 4.98 Å². The van der Waals surface area contributed by atoms with Crippen molar-refractivity contribution < 1.29 is 4.42 Å². The van der Waals surface area contributed by atoms with Gasteiger partial charge < -0.3 is 4.42 Å². The number of nitrogens with zero attached hydrogens (tertiary/aromatic N) is 1. The predicted octanol–water partition coefficient (Wildman–Crippen LogP) is 3.43. The molecule has 19 heavy (non-hydrogen) atoms. The lowest BCUT2D eigenvalue weighted by molar-refractivity contribution is 0.454. The molecule has 0 unspecified atom stereocenters. The minimum atomic E-state index is -0.443.